The first-order valence-corrected chi connectivity index (χ1v) is 9.56. The Morgan fingerprint density at radius 2 is 1.19 bits per heavy atom. The molecule has 27 heavy (non-hydrogen) atoms. The zero-order valence-electron chi connectivity index (χ0n) is 13.9. The summed E-state index contributed by atoms with van der Waals surface area (Å²) in [7, 11) is 0. The van der Waals surface area contributed by atoms with Crippen molar-refractivity contribution in [3.05, 3.63) is 80.7 Å². The SMILES string of the molecule is N=C1N=C(N)c2cc(Oc3ccc(Br)cc3)c(Oc3ccc(Br)cc3)cc21. The summed E-state index contributed by atoms with van der Waals surface area (Å²) < 4.78 is 14.0. The van der Waals surface area contributed by atoms with Crippen LogP contribution < -0.4 is 15.2 Å². The molecule has 0 saturated heterocycles. The van der Waals surface area contributed by atoms with E-state index in [-0.39, 0.29) is 5.84 Å². The lowest BCUT2D eigenvalue weighted by Gasteiger charge is -2.14. The maximum atomic E-state index is 8.01. The Labute approximate surface area is 172 Å². The van der Waals surface area contributed by atoms with Crippen molar-refractivity contribution in [1.29, 1.82) is 5.41 Å². The van der Waals surface area contributed by atoms with Gasteiger partial charge in [0.2, 0.25) is 0 Å². The van der Waals surface area contributed by atoms with Crippen molar-refractivity contribution in [1.82, 2.24) is 0 Å². The molecular formula is C20H13Br2N3O2. The molecular weight excluding hydrogens is 474 g/mol. The van der Waals surface area contributed by atoms with Crippen molar-refractivity contribution < 1.29 is 9.47 Å². The Balaban J connectivity index is 1.75. The summed E-state index contributed by atoms with van der Waals surface area (Å²) in [5.74, 6) is 2.68. The molecule has 7 heteroatoms. The molecule has 3 aromatic rings. The quantitative estimate of drug-likeness (QED) is 0.486. The highest BCUT2D eigenvalue weighted by Gasteiger charge is 2.23. The molecule has 0 spiro atoms. The van der Waals surface area contributed by atoms with E-state index in [4.69, 9.17) is 20.6 Å². The van der Waals surface area contributed by atoms with Crippen LogP contribution in [0.3, 0.4) is 0 Å². The van der Waals surface area contributed by atoms with Gasteiger partial charge < -0.3 is 15.2 Å². The van der Waals surface area contributed by atoms with Crippen molar-refractivity contribution in [3.63, 3.8) is 0 Å². The molecule has 0 unspecified atom stereocenters. The van der Waals surface area contributed by atoms with Crippen molar-refractivity contribution >= 4 is 43.5 Å². The second-order valence-electron chi connectivity index (χ2n) is 5.80. The van der Waals surface area contributed by atoms with Gasteiger partial charge in [-0.2, -0.15) is 0 Å². The minimum Gasteiger partial charge on any atom is -0.453 e. The number of aliphatic imine (C=N–C) groups is 1. The molecule has 3 aromatic carbocycles. The van der Waals surface area contributed by atoms with Gasteiger partial charge in [-0.3, -0.25) is 5.41 Å². The van der Waals surface area contributed by atoms with Crippen LogP contribution >= 0.6 is 31.9 Å². The molecule has 4 rings (SSSR count). The molecule has 0 radical (unpaired) electrons. The standard InChI is InChI=1S/C20H13Br2N3O2/c21-11-1-5-13(6-2-11)26-17-9-15-16(20(24)25-19(15)23)10-18(17)27-14-7-3-12(22)4-8-14/h1-10H,(H3,23,24,25). The van der Waals surface area contributed by atoms with E-state index in [1.165, 1.54) is 0 Å². The van der Waals surface area contributed by atoms with Gasteiger partial charge in [0.15, 0.2) is 17.3 Å². The van der Waals surface area contributed by atoms with Crippen molar-refractivity contribution in [2.45, 2.75) is 0 Å². The molecule has 134 valence electrons. The number of rotatable bonds is 4. The van der Waals surface area contributed by atoms with Crippen LogP contribution in [0.1, 0.15) is 11.1 Å². The number of amidine groups is 2. The summed E-state index contributed by atoms with van der Waals surface area (Å²) >= 11 is 6.82. The summed E-state index contributed by atoms with van der Waals surface area (Å²) in [4.78, 5) is 4.03. The number of hydrogen-bond donors (Lipinski definition) is 2. The Kier molecular flexibility index (Phi) is 4.72. The molecule has 0 aromatic heterocycles. The lowest BCUT2D eigenvalue weighted by atomic mass is 10.1. The number of benzene rings is 3. The predicted molar refractivity (Wildman–Crippen MR) is 112 cm³/mol. The number of nitrogens with one attached hydrogen (secondary N) is 1. The molecule has 0 atom stereocenters. The van der Waals surface area contributed by atoms with Crippen LogP contribution in [-0.2, 0) is 0 Å². The fourth-order valence-electron chi connectivity index (χ4n) is 2.63. The highest BCUT2D eigenvalue weighted by Crippen LogP contribution is 2.39. The van der Waals surface area contributed by atoms with Crippen LogP contribution in [0, 0.1) is 5.41 Å². The van der Waals surface area contributed by atoms with Crippen molar-refractivity contribution in [2.24, 2.45) is 10.7 Å². The van der Waals surface area contributed by atoms with E-state index < -0.39 is 0 Å². The summed E-state index contributed by atoms with van der Waals surface area (Å²) in [5.41, 5.74) is 7.22. The minimum atomic E-state index is 0.110. The third kappa shape index (κ3) is 3.74. The van der Waals surface area contributed by atoms with Crippen LogP contribution in [-0.4, -0.2) is 11.7 Å². The topological polar surface area (TPSA) is 80.7 Å². The van der Waals surface area contributed by atoms with E-state index in [9.17, 15) is 0 Å². The summed E-state index contributed by atoms with van der Waals surface area (Å²) in [6.07, 6.45) is 0. The van der Waals surface area contributed by atoms with E-state index >= 15 is 0 Å². The lowest BCUT2D eigenvalue weighted by molar-refractivity contribution is 0.418. The van der Waals surface area contributed by atoms with Crippen LogP contribution in [0.2, 0.25) is 0 Å². The lowest BCUT2D eigenvalue weighted by Crippen LogP contribution is -2.10. The first-order valence-electron chi connectivity index (χ1n) is 7.98. The molecule has 1 heterocycles. The van der Waals surface area contributed by atoms with Crippen LogP contribution in [0.4, 0.5) is 0 Å². The summed E-state index contributed by atoms with van der Waals surface area (Å²) in [6, 6.07) is 18.4. The van der Waals surface area contributed by atoms with E-state index in [0.717, 1.165) is 8.95 Å². The van der Waals surface area contributed by atoms with Crippen LogP contribution in [0.5, 0.6) is 23.0 Å². The molecule has 1 aliphatic heterocycles. The van der Waals surface area contributed by atoms with Crippen LogP contribution in [0.15, 0.2) is 74.6 Å². The van der Waals surface area contributed by atoms with Gasteiger partial charge in [0.05, 0.1) is 0 Å². The Bertz CT molecular complexity index is 1060. The smallest absolute Gasteiger partial charge is 0.170 e. The monoisotopic (exact) mass is 485 g/mol. The van der Waals surface area contributed by atoms with Gasteiger partial charge in [-0.1, -0.05) is 31.9 Å². The van der Waals surface area contributed by atoms with Gasteiger partial charge >= 0.3 is 0 Å². The van der Waals surface area contributed by atoms with Crippen molar-refractivity contribution in [2.75, 3.05) is 0 Å². The molecule has 0 bridgehead atoms. The van der Waals surface area contributed by atoms with Crippen molar-refractivity contribution in [3.8, 4) is 23.0 Å². The number of hydrogen-bond acceptors (Lipinski definition) is 4. The molecule has 0 fully saturated rings. The normalized spacial score (nSPS) is 12.5. The van der Waals surface area contributed by atoms with E-state index in [0.29, 0.717) is 40.0 Å². The average molecular weight is 487 g/mol. The third-order valence-electron chi connectivity index (χ3n) is 3.93. The van der Waals surface area contributed by atoms with Gasteiger partial charge in [-0.25, -0.2) is 4.99 Å². The van der Waals surface area contributed by atoms with E-state index in [1.54, 1.807) is 12.1 Å². The Morgan fingerprint density at radius 3 is 1.67 bits per heavy atom. The van der Waals surface area contributed by atoms with Gasteiger partial charge in [0.25, 0.3) is 0 Å². The second-order valence-corrected chi connectivity index (χ2v) is 7.63. The van der Waals surface area contributed by atoms with Gasteiger partial charge in [0.1, 0.15) is 17.3 Å². The fourth-order valence-corrected chi connectivity index (χ4v) is 3.16. The van der Waals surface area contributed by atoms with Gasteiger partial charge in [0, 0.05) is 20.1 Å². The first-order chi connectivity index (χ1) is 13.0. The zero-order chi connectivity index (χ0) is 19.0. The minimum absolute atomic E-state index is 0.110. The first kappa shape index (κ1) is 17.8. The number of nitrogens with two attached hydrogens (primary N) is 1. The number of ether oxygens (including phenoxy) is 2. The average Bonchev–Trinajstić information content (AvgIpc) is 2.92. The molecule has 5 nitrogen and oxygen atoms in total. The maximum absolute atomic E-state index is 8.01. The van der Waals surface area contributed by atoms with E-state index in [1.807, 2.05) is 48.5 Å². The summed E-state index contributed by atoms with van der Waals surface area (Å²) in [5, 5.41) is 8.01. The van der Waals surface area contributed by atoms with Gasteiger partial charge in [-0.05, 0) is 60.7 Å². The molecule has 0 amide bonds. The second kappa shape index (κ2) is 7.17. The third-order valence-corrected chi connectivity index (χ3v) is 4.99. The highest BCUT2D eigenvalue weighted by molar-refractivity contribution is 9.10. The maximum Gasteiger partial charge on any atom is 0.170 e. The van der Waals surface area contributed by atoms with E-state index in [2.05, 4.69) is 36.9 Å². The number of fused-ring (bicyclic) bond motifs is 1. The van der Waals surface area contributed by atoms with Gasteiger partial charge in [-0.15, -0.1) is 0 Å². The summed E-state index contributed by atoms with van der Waals surface area (Å²) in [6.45, 7) is 0. The molecule has 0 aliphatic carbocycles. The Hall–Kier alpha value is -2.64. The number of nitrogens with zero attached hydrogens (tertiary/aromatic N) is 1. The Morgan fingerprint density at radius 1 is 0.741 bits per heavy atom. The molecule has 0 saturated carbocycles. The largest absolute Gasteiger partial charge is 0.453 e. The van der Waals surface area contributed by atoms with Crippen LogP contribution in [0.25, 0.3) is 0 Å². The number of halogens is 2. The fraction of sp³-hybridized carbons (Fsp3) is 0. The molecule has 3 N–H and O–H groups in total. The zero-order valence-corrected chi connectivity index (χ0v) is 17.0. The predicted octanol–water partition coefficient (Wildman–Crippen LogP) is 5.84. The highest BCUT2D eigenvalue weighted by atomic mass is 79.9. The molecule has 1 aliphatic rings.